The Kier molecular flexibility index (Phi) is 15.0. The Hall–Kier alpha value is -5.97. The summed E-state index contributed by atoms with van der Waals surface area (Å²) in [5.74, 6) is 1.59. The zero-order valence-electron chi connectivity index (χ0n) is 30.6. The number of phenols is 2. The van der Waals surface area contributed by atoms with Crippen LogP contribution in [0, 0.1) is 13.8 Å². The molecule has 57 heavy (non-hydrogen) atoms. The first-order valence-corrected chi connectivity index (χ1v) is 18.8. The van der Waals surface area contributed by atoms with Crippen LogP contribution in [0.2, 0.25) is 20.1 Å². The highest BCUT2D eigenvalue weighted by Gasteiger charge is 2.23. The number of nitrogens with two attached hydrogens (primary N) is 1. The van der Waals surface area contributed by atoms with Crippen molar-refractivity contribution in [2.75, 3.05) is 11.1 Å². The van der Waals surface area contributed by atoms with Crippen LogP contribution in [0.15, 0.2) is 140 Å². The molecule has 0 saturated carbocycles. The molecule has 0 saturated heterocycles. The highest BCUT2D eigenvalue weighted by Crippen LogP contribution is 2.39. The molecule has 0 amide bonds. The molecule has 5 N–H and O–H groups in total. The molecule has 4 aromatic carbocycles. The van der Waals surface area contributed by atoms with Gasteiger partial charge >= 0.3 is 0 Å². The quantitative estimate of drug-likeness (QED) is 0.124. The lowest BCUT2D eigenvalue weighted by Crippen LogP contribution is -2.14. The van der Waals surface area contributed by atoms with Crippen LogP contribution in [0.5, 0.6) is 11.5 Å². The SMILES string of the molecule is Cc1cccc(N)n1.Cc1cccc(NC(c2cc(Cl)ccc2Cl)c2ccc3cccnc3c2O)n1.O=Cc1cc(Cl)ccc1Cl.Oc1cccc2cccnc12. The Bertz CT molecular complexity index is 2610. The lowest BCUT2D eigenvalue weighted by molar-refractivity contribution is 0.112. The molecule has 0 aliphatic heterocycles. The minimum absolute atomic E-state index is 0.0966. The number of phenolic OH excluding ortho intramolecular Hbond substituents is 2. The minimum Gasteiger partial charge on any atom is -0.506 e. The smallest absolute Gasteiger partial charge is 0.151 e. The summed E-state index contributed by atoms with van der Waals surface area (Å²) in [6, 6.07) is 37.5. The average molecular weight is 839 g/mol. The van der Waals surface area contributed by atoms with Gasteiger partial charge in [-0.05, 0) is 98.3 Å². The van der Waals surface area contributed by atoms with Crippen molar-refractivity contribution in [1.82, 2.24) is 19.9 Å². The number of nitrogens with zero attached hydrogens (tertiary/aromatic N) is 4. The van der Waals surface area contributed by atoms with Gasteiger partial charge < -0.3 is 21.3 Å². The average Bonchev–Trinajstić information content (AvgIpc) is 3.20. The predicted octanol–water partition coefficient (Wildman–Crippen LogP) is 11.9. The summed E-state index contributed by atoms with van der Waals surface area (Å²) >= 11 is 23.9. The molecule has 8 aromatic rings. The van der Waals surface area contributed by atoms with E-state index in [1.165, 1.54) is 6.07 Å². The maximum Gasteiger partial charge on any atom is 0.151 e. The number of para-hydroxylation sites is 1. The van der Waals surface area contributed by atoms with Crippen LogP contribution in [0.25, 0.3) is 21.8 Å². The van der Waals surface area contributed by atoms with Crippen molar-refractivity contribution >= 4 is 86.1 Å². The van der Waals surface area contributed by atoms with Crippen molar-refractivity contribution < 1.29 is 15.0 Å². The number of nitrogens with one attached hydrogen (secondary N) is 1. The third kappa shape index (κ3) is 11.8. The fourth-order valence-electron chi connectivity index (χ4n) is 5.47. The van der Waals surface area contributed by atoms with Crippen molar-refractivity contribution in [3.63, 3.8) is 0 Å². The van der Waals surface area contributed by atoms with Crippen molar-refractivity contribution in [2.45, 2.75) is 19.9 Å². The molecule has 1 unspecified atom stereocenters. The molecule has 4 heterocycles. The second-order valence-electron chi connectivity index (χ2n) is 12.3. The number of anilines is 2. The van der Waals surface area contributed by atoms with E-state index >= 15 is 0 Å². The van der Waals surface area contributed by atoms with Gasteiger partial charge in [-0.25, -0.2) is 9.97 Å². The van der Waals surface area contributed by atoms with Gasteiger partial charge in [-0.15, -0.1) is 0 Å². The number of aromatic hydroxyl groups is 2. The van der Waals surface area contributed by atoms with Gasteiger partial charge in [0.05, 0.1) is 11.1 Å². The van der Waals surface area contributed by atoms with E-state index in [0.29, 0.717) is 60.2 Å². The van der Waals surface area contributed by atoms with Crippen LogP contribution in [0.1, 0.15) is 38.9 Å². The highest BCUT2D eigenvalue weighted by molar-refractivity contribution is 6.35. The van der Waals surface area contributed by atoms with Crippen molar-refractivity contribution in [1.29, 1.82) is 0 Å². The number of aryl methyl sites for hydroxylation is 2. The normalized spacial score (nSPS) is 10.8. The largest absolute Gasteiger partial charge is 0.506 e. The predicted molar refractivity (Wildman–Crippen MR) is 233 cm³/mol. The first-order chi connectivity index (χ1) is 27.4. The topological polar surface area (TPSA) is 147 Å². The molecule has 9 nitrogen and oxygen atoms in total. The molecule has 0 aliphatic rings. The first-order valence-electron chi connectivity index (χ1n) is 17.3. The third-order valence-corrected chi connectivity index (χ3v) is 9.30. The van der Waals surface area contributed by atoms with Gasteiger partial charge in [0.2, 0.25) is 0 Å². The molecule has 0 aliphatic carbocycles. The molecule has 0 radical (unpaired) electrons. The van der Waals surface area contributed by atoms with Gasteiger partial charge in [-0.3, -0.25) is 14.8 Å². The van der Waals surface area contributed by atoms with Crippen molar-refractivity contribution in [3.8, 4) is 11.5 Å². The number of carbonyl (C=O) groups excluding carboxylic acids is 1. The lowest BCUT2D eigenvalue weighted by atomic mass is 9.96. The van der Waals surface area contributed by atoms with E-state index in [9.17, 15) is 15.0 Å². The molecule has 4 aromatic heterocycles. The van der Waals surface area contributed by atoms with E-state index in [4.69, 9.17) is 52.1 Å². The molecular weight excluding hydrogens is 802 g/mol. The van der Waals surface area contributed by atoms with Gasteiger partial charge in [-0.2, -0.15) is 0 Å². The number of fused-ring (bicyclic) bond motifs is 2. The van der Waals surface area contributed by atoms with Crippen LogP contribution >= 0.6 is 46.4 Å². The van der Waals surface area contributed by atoms with Gasteiger partial charge in [0.1, 0.15) is 34.2 Å². The first kappa shape index (κ1) is 42.2. The van der Waals surface area contributed by atoms with Gasteiger partial charge in [0.15, 0.2) is 6.29 Å². The minimum atomic E-state index is -0.466. The summed E-state index contributed by atoms with van der Waals surface area (Å²) in [6.45, 7) is 3.83. The van der Waals surface area contributed by atoms with E-state index in [-0.39, 0.29) is 11.5 Å². The number of carbonyl (C=O) groups is 1. The van der Waals surface area contributed by atoms with Gasteiger partial charge in [0.25, 0.3) is 0 Å². The van der Waals surface area contributed by atoms with Gasteiger partial charge in [0, 0.05) is 60.7 Å². The number of hydrogen-bond acceptors (Lipinski definition) is 9. The molecular formula is C44H36Cl4N6O3. The zero-order chi connectivity index (χ0) is 40.9. The monoisotopic (exact) mass is 836 g/mol. The molecule has 0 spiro atoms. The lowest BCUT2D eigenvalue weighted by Gasteiger charge is -2.23. The molecule has 288 valence electrons. The van der Waals surface area contributed by atoms with E-state index in [2.05, 4.69) is 25.3 Å². The zero-order valence-corrected chi connectivity index (χ0v) is 33.6. The number of nitrogen functional groups attached to an aromatic ring is 1. The number of halogens is 4. The van der Waals surface area contributed by atoms with Gasteiger partial charge in [-0.1, -0.05) is 94.9 Å². The molecule has 0 bridgehead atoms. The summed E-state index contributed by atoms with van der Waals surface area (Å²) < 4.78 is 0. The van der Waals surface area contributed by atoms with Crippen LogP contribution in [-0.2, 0) is 0 Å². The summed E-state index contributed by atoms with van der Waals surface area (Å²) in [6.07, 6.45) is 4.00. The molecule has 1 atom stereocenters. The summed E-state index contributed by atoms with van der Waals surface area (Å²) in [7, 11) is 0. The Morgan fingerprint density at radius 2 is 1.23 bits per heavy atom. The number of pyridine rings is 4. The Balaban J connectivity index is 0.000000173. The molecule has 8 rings (SSSR count). The third-order valence-electron chi connectivity index (χ3n) is 8.15. The Labute approximate surface area is 349 Å². The second-order valence-corrected chi connectivity index (χ2v) is 14.0. The summed E-state index contributed by atoms with van der Waals surface area (Å²) in [5, 5.41) is 27.5. The van der Waals surface area contributed by atoms with E-state index in [0.717, 1.165) is 27.7 Å². The number of rotatable bonds is 5. The number of aldehydes is 1. The van der Waals surface area contributed by atoms with E-state index in [1.807, 2.05) is 86.6 Å². The van der Waals surface area contributed by atoms with Crippen LogP contribution in [0.4, 0.5) is 11.6 Å². The Morgan fingerprint density at radius 1 is 0.632 bits per heavy atom. The summed E-state index contributed by atoms with van der Waals surface area (Å²) in [4.78, 5) is 27.1. The van der Waals surface area contributed by atoms with E-state index in [1.54, 1.807) is 60.9 Å². The maximum absolute atomic E-state index is 11.0. The Morgan fingerprint density at radius 3 is 1.84 bits per heavy atom. The standard InChI is InChI=1S/C22H17Cl2N3O.C9H7NO.C7H4Cl2O.C6H8N2/c1-13-4-2-6-19(26-13)27-21(17-12-15(23)8-10-18(17)24)16-9-7-14-5-3-11-25-20(14)22(16)28;11-8-5-1-3-7-4-2-6-10-9(7)8;8-6-1-2-7(9)5(3-6)4-10;1-5-3-2-4-6(7)8-5/h2-12,21,28H,1H3,(H,26,27);1-6,11H;1-4H;2-4H,1H3,(H2,7,8). The maximum atomic E-state index is 11.0. The number of hydrogen-bond donors (Lipinski definition) is 4. The van der Waals surface area contributed by atoms with Crippen molar-refractivity contribution in [2.24, 2.45) is 0 Å². The van der Waals surface area contributed by atoms with Crippen LogP contribution < -0.4 is 11.1 Å². The van der Waals surface area contributed by atoms with Crippen LogP contribution in [-0.4, -0.2) is 36.4 Å². The fourth-order valence-corrected chi connectivity index (χ4v) is 6.22. The molecule has 0 fully saturated rings. The number of benzene rings is 4. The number of aromatic nitrogens is 4. The second kappa shape index (κ2) is 20.3. The van der Waals surface area contributed by atoms with Crippen LogP contribution in [0.3, 0.4) is 0 Å². The fraction of sp³-hybridized carbons (Fsp3) is 0.0682. The highest BCUT2D eigenvalue weighted by atomic mass is 35.5. The molecule has 13 heteroatoms. The van der Waals surface area contributed by atoms with E-state index < -0.39 is 6.04 Å². The summed E-state index contributed by atoms with van der Waals surface area (Å²) in [5.41, 5.74) is 10.2. The van der Waals surface area contributed by atoms with Crippen molar-refractivity contribution in [3.05, 3.63) is 188 Å².